The summed E-state index contributed by atoms with van der Waals surface area (Å²) in [7, 11) is 0. The molecule has 32 heavy (non-hydrogen) atoms. The minimum Gasteiger partial charge on any atom is -0.480 e. The first kappa shape index (κ1) is 23.3. The lowest BCUT2D eigenvalue weighted by atomic mass is 9.98. The summed E-state index contributed by atoms with van der Waals surface area (Å²) >= 11 is 0. The number of nitrogens with one attached hydrogen (secondary N) is 2. The van der Waals surface area contributed by atoms with Gasteiger partial charge in [0.15, 0.2) is 0 Å². The molecular weight excluding hydrogens is 408 g/mol. The SMILES string of the molecule is CC(C)[C@@H](CC(=O)NC(C)(C)C(=O)O)NC(=O)OCC1c2ccccc2-c2ccccc21. The van der Waals surface area contributed by atoms with Crippen LogP contribution >= 0.6 is 0 Å². The summed E-state index contributed by atoms with van der Waals surface area (Å²) in [6.07, 6.45) is -0.644. The highest BCUT2D eigenvalue weighted by Crippen LogP contribution is 2.44. The summed E-state index contributed by atoms with van der Waals surface area (Å²) < 4.78 is 5.57. The maximum absolute atomic E-state index is 12.6. The number of alkyl carbamates (subject to hydrolysis) is 1. The minimum atomic E-state index is -1.39. The average Bonchev–Trinajstić information content (AvgIpc) is 3.05. The predicted molar refractivity (Wildman–Crippen MR) is 121 cm³/mol. The summed E-state index contributed by atoms with van der Waals surface area (Å²) in [5, 5.41) is 14.4. The molecule has 1 aliphatic rings. The Morgan fingerprint density at radius 3 is 2.03 bits per heavy atom. The number of hydrogen-bond donors (Lipinski definition) is 3. The number of carbonyl (C=O) groups excluding carboxylic acids is 2. The van der Waals surface area contributed by atoms with Gasteiger partial charge in [-0.3, -0.25) is 4.79 Å². The number of amides is 2. The lowest BCUT2D eigenvalue weighted by Gasteiger charge is -2.25. The molecule has 2 aromatic carbocycles. The Kier molecular flexibility index (Phi) is 6.87. The van der Waals surface area contributed by atoms with Crippen molar-refractivity contribution in [3.8, 4) is 11.1 Å². The van der Waals surface area contributed by atoms with Gasteiger partial charge in [-0.1, -0.05) is 62.4 Å². The molecule has 3 rings (SSSR count). The molecule has 0 aromatic heterocycles. The normalized spacial score (nSPS) is 13.8. The largest absolute Gasteiger partial charge is 0.480 e. The average molecular weight is 439 g/mol. The fraction of sp³-hybridized carbons (Fsp3) is 0.400. The number of benzene rings is 2. The summed E-state index contributed by atoms with van der Waals surface area (Å²) in [6, 6.07) is 15.7. The van der Waals surface area contributed by atoms with E-state index in [4.69, 9.17) is 4.74 Å². The van der Waals surface area contributed by atoms with Crippen LogP contribution in [0.4, 0.5) is 4.79 Å². The third-order valence-electron chi connectivity index (χ3n) is 5.84. The van der Waals surface area contributed by atoms with Crippen LogP contribution in [0, 0.1) is 5.92 Å². The summed E-state index contributed by atoms with van der Waals surface area (Å²) in [6.45, 7) is 6.77. The highest BCUT2D eigenvalue weighted by molar-refractivity contribution is 5.86. The molecule has 1 atom stereocenters. The van der Waals surface area contributed by atoms with Crippen molar-refractivity contribution in [2.24, 2.45) is 5.92 Å². The van der Waals surface area contributed by atoms with Gasteiger partial charge in [-0.2, -0.15) is 0 Å². The molecule has 0 spiro atoms. The molecule has 170 valence electrons. The highest BCUT2D eigenvalue weighted by atomic mass is 16.5. The third kappa shape index (κ3) is 5.10. The van der Waals surface area contributed by atoms with E-state index in [9.17, 15) is 19.5 Å². The molecule has 2 amide bonds. The number of carbonyl (C=O) groups is 3. The highest BCUT2D eigenvalue weighted by Gasteiger charge is 2.32. The van der Waals surface area contributed by atoms with E-state index in [1.54, 1.807) is 0 Å². The maximum atomic E-state index is 12.6. The molecule has 0 heterocycles. The van der Waals surface area contributed by atoms with Gasteiger partial charge in [0.1, 0.15) is 12.1 Å². The van der Waals surface area contributed by atoms with Gasteiger partial charge in [-0.25, -0.2) is 9.59 Å². The number of fused-ring (bicyclic) bond motifs is 3. The van der Waals surface area contributed by atoms with Gasteiger partial charge < -0.3 is 20.5 Å². The van der Waals surface area contributed by atoms with Crippen molar-refractivity contribution >= 4 is 18.0 Å². The fourth-order valence-electron chi connectivity index (χ4n) is 3.90. The van der Waals surface area contributed by atoms with Crippen LogP contribution in [0.25, 0.3) is 11.1 Å². The van der Waals surface area contributed by atoms with E-state index in [0.717, 1.165) is 22.3 Å². The Morgan fingerprint density at radius 2 is 1.53 bits per heavy atom. The standard InChI is InChI=1S/C25H30N2O5/c1-15(2)21(13-22(28)27-25(3,4)23(29)30)26-24(31)32-14-20-18-11-7-5-9-16(18)17-10-6-8-12-19(17)20/h5-12,15,20-21H,13-14H2,1-4H3,(H,26,31)(H,27,28)(H,29,30)/t21-/m1/s1. The Morgan fingerprint density at radius 1 is 1.00 bits per heavy atom. The zero-order valence-corrected chi connectivity index (χ0v) is 18.8. The molecule has 0 radical (unpaired) electrons. The third-order valence-corrected chi connectivity index (χ3v) is 5.84. The van der Waals surface area contributed by atoms with Gasteiger partial charge in [-0.15, -0.1) is 0 Å². The lowest BCUT2D eigenvalue weighted by molar-refractivity contribution is -0.146. The summed E-state index contributed by atoms with van der Waals surface area (Å²) in [5.74, 6) is -1.68. The zero-order valence-electron chi connectivity index (χ0n) is 18.8. The molecule has 0 fully saturated rings. The minimum absolute atomic E-state index is 0.0431. The second kappa shape index (κ2) is 9.42. The number of carboxylic acids is 1. The zero-order chi connectivity index (χ0) is 23.5. The molecule has 0 unspecified atom stereocenters. The number of hydrogen-bond acceptors (Lipinski definition) is 4. The monoisotopic (exact) mass is 438 g/mol. The number of carboxylic acid groups (broad SMARTS) is 1. The summed E-state index contributed by atoms with van der Waals surface area (Å²) in [4.78, 5) is 36.1. The van der Waals surface area contributed by atoms with E-state index in [-0.39, 0.29) is 24.9 Å². The second-order valence-electron chi connectivity index (χ2n) is 9.00. The number of aliphatic carboxylic acids is 1. The lowest BCUT2D eigenvalue weighted by Crippen LogP contribution is -2.52. The van der Waals surface area contributed by atoms with Gasteiger partial charge in [0, 0.05) is 18.4 Å². The first-order chi connectivity index (χ1) is 15.1. The smallest absolute Gasteiger partial charge is 0.407 e. The Labute approximate surface area is 188 Å². The molecule has 0 saturated heterocycles. The molecule has 0 aliphatic heterocycles. The van der Waals surface area contributed by atoms with Crippen LogP contribution in [0.15, 0.2) is 48.5 Å². The van der Waals surface area contributed by atoms with E-state index in [2.05, 4.69) is 22.8 Å². The van der Waals surface area contributed by atoms with Gasteiger partial charge >= 0.3 is 12.1 Å². The van der Waals surface area contributed by atoms with E-state index < -0.39 is 29.6 Å². The fourth-order valence-corrected chi connectivity index (χ4v) is 3.90. The van der Waals surface area contributed by atoms with Gasteiger partial charge in [0.2, 0.25) is 5.91 Å². The molecule has 1 aliphatic carbocycles. The van der Waals surface area contributed by atoms with Crippen LogP contribution in [0.2, 0.25) is 0 Å². The van der Waals surface area contributed by atoms with Crippen molar-refractivity contribution in [1.82, 2.24) is 10.6 Å². The molecule has 7 heteroatoms. The van der Waals surface area contributed by atoms with Crippen molar-refractivity contribution < 1.29 is 24.2 Å². The first-order valence-electron chi connectivity index (χ1n) is 10.8. The molecule has 2 aromatic rings. The van der Waals surface area contributed by atoms with Crippen LogP contribution < -0.4 is 10.6 Å². The molecular formula is C25H30N2O5. The molecule has 0 bridgehead atoms. The van der Waals surface area contributed by atoms with Gasteiger partial charge in [0.25, 0.3) is 0 Å². The maximum Gasteiger partial charge on any atom is 0.407 e. The van der Waals surface area contributed by atoms with Crippen LogP contribution in [0.1, 0.15) is 51.2 Å². The quantitative estimate of drug-likeness (QED) is 0.579. The number of rotatable bonds is 8. The molecule has 7 nitrogen and oxygen atoms in total. The van der Waals surface area contributed by atoms with Crippen LogP contribution in [0.5, 0.6) is 0 Å². The van der Waals surface area contributed by atoms with Crippen molar-refractivity contribution in [3.63, 3.8) is 0 Å². The van der Waals surface area contributed by atoms with Crippen molar-refractivity contribution in [2.75, 3.05) is 6.61 Å². The van der Waals surface area contributed by atoms with Crippen molar-refractivity contribution in [1.29, 1.82) is 0 Å². The van der Waals surface area contributed by atoms with Crippen molar-refractivity contribution in [2.45, 2.75) is 51.6 Å². The van der Waals surface area contributed by atoms with Gasteiger partial charge in [0.05, 0.1) is 0 Å². The summed E-state index contributed by atoms with van der Waals surface area (Å²) in [5.41, 5.74) is 3.15. The predicted octanol–water partition coefficient (Wildman–Crippen LogP) is 3.92. The first-order valence-corrected chi connectivity index (χ1v) is 10.8. The Bertz CT molecular complexity index is 969. The Hall–Kier alpha value is -3.35. The Balaban J connectivity index is 1.62. The second-order valence-corrected chi connectivity index (χ2v) is 9.00. The molecule has 0 saturated carbocycles. The van der Waals surface area contributed by atoms with E-state index in [0.29, 0.717) is 0 Å². The van der Waals surface area contributed by atoms with Crippen LogP contribution in [-0.4, -0.2) is 41.3 Å². The van der Waals surface area contributed by atoms with Crippen molar-refractivity contribution in [3.05, 3.63) is 59.7 Å². The molecule has 3 N–H and O–H groups in total. The van der Waals surface area contributed by atoms with E-state index in [1.165, 1.54) is 13.8 Å². The van der Waals surface area contributed by atoms with E-state index >= 15 is 0 Å². The number of ether oxygens (including phenoxy) is 1. The van der Waals surface area contributed by atoms with Gasteiger partial charge in [-0.05, 0) is 42.0 Å². The van der Waals surface area contributed by atoms with Crippen LogP contribution in [-0.2, 0) is 14.3 Å². The van der Waals surface area contributed by atoms with E-state index in [1.807, 2.05) is 50.2 Å². The van der Waals surface area contributed by atoms with Crippen LogP contribution in [0.3, 0.4) is 0 Å². The topological polar surface area (TPSA) is 105 Å².